The normalized spacial score (nSPS) is 11.4. The number of halogens is 2. The van der Waals surface area contributed by atoms with Gasteiger partial charge in [-0.25, -0.2) is 0 Å². The fourth-order valence-electron chi connectivity index (χ4n) is 3.79. The maximum Gasteiger partial charge on any atom is 1.00 e. The first-order chi connectivity index (χ1) is 18.0. The maximum absolute atomic E-state index is 13.4. The average molecular weight is 596 g/mol. The molecule has 0 heterocycles. The van der Waals surface area contributed by atoms with Crippen molar-refractivity contribution in [2.24, 2.45) is 10.2 Å². The number of carbonyl (C=O) groups excluding carboxylic acids is 1. The Labute approximate surface area is 256 Å². The zero-order valence-electron chi connectivity index (χ0n) is 21.0. The van der Waals surface area contributed by atoms with Crippen LogP contribution in [0.2, 0.25) is 10.0 Å². The summed E-state index contributed by atoms with van der Waals surface area (Å²) in [6, 6.07) is 15.6. The number of azo groups is 1. The quantitative estimate of drug-likeness (QED) is 0.189. The molecule has 0 atom stereocenters. The molecule has 13 heteroatoms. The molecule has 0 bridgehead atoms. The smallest absolute Gasteiger partial charge is 0.870 e. The zero-order valence-corrected chi connectivity index (χ0v) is 25.4. The first-order valence-corrected chi connectivity index (χ1v) is 13.4. The second-order valence-corrected chi connectivity index (χ2v) is 10.2. The molecule has 4 aromatic carbocycles. The second-order valence-electron chi connectivity index (χ2n) is 8.07. The summed E-state index contributed by atoms with van der Waals surface area (Å²) in [5, 5.41) is 25.0. The summed E-state index contributed by atoms with van der Waals surface area (Å²) >= 11 is 12.4. The van der Waals surface area contributed by atoms with Crippen LogP contribution in [0.25, 0.3) is 10.8 Å². The van der Waals surface area contributed by atoms with Gasteiger partial charge in [0.15, 0.2) is 0 Å². The van der Waals surface area contributed by atoms with Gasteiger partial charge in [-0.1, -0.05) is 59.3 Å². The number of rotatable bonds is 7. The third-order valence-corrected chi connectivity index (χ3v) is 7.16. The van der Waals surface area contributed by atoms with Gasteiger partial charge in [0.2, 0.25) is 0 Å². The topological polar surface area (TPSA) is 140 Å². The van der Waals surface area contributed by atoms with Gasteiger partial charge in [0, 0.05) is 17.0 Å². The van der Waals surface area contributed by atoms with E-state index >= 15 is 0 Å². The summed E-state index contributed by atoms with van der Waals surface area (Å²) in [5.74, 6) is -0.979. The van der Waals surface area contributed by atoms with E-state index in [0.29, 0.717) is 23.1 Å². The molecule has 0 aliphatic rings. The fourth-order valence-corrected chi connectivity index (χ4v) is 5.13. The van der Waals surface area contributed by atoms with Gasteiger partial charge in [0.1, 0.15) is 16.3 Å². The number of nitrogens with zero attached hydrogens (tertiary/aromatic N) is 2. The van der Waals surface area contributed by atoms with Crippen molar-refractivity contribution < 1.29 is 57.2 Å². The minimum absolute atomic E-state index is 0. The van der Waals surface area contributed by atoms with Crippen molar-refractivity contribution in [2.45, 2.75) is 18.7 Å². The number of benzene rings is 4. The maximum atomic E-state index is 13.4. The molecule has 196 valence electrons. The number of aryl methyl sites for hydroxylation is 1. The molecule has 0 fully saturated rings. The molecule has 0 unspecified atom stereocenters. The Morgan fingerprint density at radius 3 is 2.38 bits per heavy atom. The second kappa shape index (κ2) is 12.6. The van der Waals surface area contributed by atoms with Gasteiger partial charge < -0.3 is 15.2 Å². The largest absolute Gasteiger partial charge is 1.00 e. The monoisotopic (exact) mass is 595 g/mol. The third kappa shape index (κ3) is 6.72. The van der Waals surface area contributed by atoms with Gasteiger partial charge in [-0.05, 0) is 49.1 Å². The first-order valence-electron chi connectivity index (χ1n) is 11.2. The molecule has 0 aliphatic carbocycles. The molecule has 1 amide bonds. The number of hydrogen-bond donors (Lipinski definition) is 2. The summed E-state index contributed by atoms with van der Waals surface area (Å²) in [6.45, 7) is 3.71. The molecule has 0 saturated heterocycles. The van der Waals surface area contributed by atoms with Crippen LogP contribution in [0.15, 0.2) is 75.8 Å². The molecular formula is C26H20Cl2N3NaO6S. The van der Waals surface area contributed by atoms with Crippen molar-refractivity contribution in [3.63, 3.8) is 0 Å². The van der Waals surface area contributed by atoms with E-state index in [4.69, 9.17) is 27.9 Å². The van der Waals surface area contributed by atoms with Gasteiger partial charge in [-0.15, -0.1) is 5.11 Å². The molecule has 0 saturated carbocycles. The number of fused-ring (bicyclic) bond motifs is 1. The van der Waals surface area contributed by atoms with Gasteiger partial charge in [-0.3, -0.25) is 9.35 Å². The molecular weight excluding hydrogens is 576 g/mol. The number of anilines is 1. The summed E-state index contributed by atoms with van der Waals surface area (Å²) in [4.78, 5) is 12.6. The van der Waals surface area contributed by atoms with E-state index < -0.39 is 26.7 Å². The van der Waals surface area contributed by atoms with Crippen molar-refractivity contribution in [2.75, 3.05) is 11.9 Å². The standard InChI is InChI=1S/C26H21Cl2N3O6S.Na/c1-3-37-16-9-11-21(20(28)13-16)29-26(33)18-12-15-6-4-5-7-17(15)22(24(18)32)30-31-23-19(27)10-8-14(2)25(23)38(34,35)36;/h4-13,32H,3H2,1-2H3,(H,29,33)(H,34,35,36);/q;+1/p-1. The number of nitrogens with one attached hydrogen (secondary N) is 1. The van der Waals surface area contributed by atoms with E-state index in [1.807, 2.05) is 6.92 Å². The van der Waals surface area contributed by atoms with Crippen molar-refractivity contribution >= 4 is 67.1 Å². The van der Waals surface area contributed by atoms with Crippen LogP contribution in [0.5, 0.6) is 11.5 Å². The van der Waals surface area contributed by atoms with Crippen LogP contribution in [0, 0.1) is 6.92 Å². The Balaban J connectivity index is 0.00000420. The predicted molar refractivity (Wildman–Crippen MR) is 144 cm³/mol. The molecule has 4 rings (SSSR count). The van der Waals surface area contributed by atoms with Crippen LogP contribution in [0.3, 0.4) is 0 Å². The minimum atomic E-state index is -4.71. The number of ether oxygens (including phenoxy) is 1. The molecule has 9 nitrogen and oxygen atoms in total. The van der Waals surface area contributed by atoms with E-state index in [2.05, 4.69) is 15.5 Å². The minimum Gasteiger partial charge on any atom is -0.870 e. The fraction of sp³-hybridized carbons (Fsp3) is 0.115. The van der Waals surface area contributed by atoms with Crippen LogP contribution >= 0.6 is 23.2 Å². The van der Waals surface area contributed by atoms with Crippen molar-refractivity contribution in [3.05, 3.63) is 81.8 Å². The third-order valence-electron chi connectivity index (χ3n) is 5.51. The van der Waals surface area contributed by atoms with Crippen molar-refractivity contribution in [1.29, 1.82) is 0 Å². The number of amides is 1. The van der Waals surface area contributed by atoms with Crippen LogP contribution in [0.1, 0.15) is 22.8 Å². The van der Waals surface area contributed by atoms with Gasteiger partial charge in [-0.2, -0.15) is 13.5 Å². The van der Waals surface area contributed by atoms with E-state index in [1.54, 1.807) is 36.4 Å². The molecule has 4 aromatic rings. The molecule has 2 N–H and O–H groups in total. The van der Waals surface area contributed by atoms with Crippen molar-refractivity contribution in [1.82, 2.24) is 0 Å². The average Bonchev–Trinajstić information content (AvgIpc) is 2.86. The molecule has 0 aliphatic heterocycles. The summed E-state index contributed by atoms with van der Waals surface area (Å²) in [6.07, 6.45) is 0. The molecule has 39 heavy (non-hydrogen) atoms. The summed E-state index contributed by atoms with van der Waals surface area (Å²) in [7, 11) is -4.71. The molecule has 0 spiro atoms. The Kier molecular flexibility index (Phi) is 10.0. The predicted octanol–water partition coefficient (Wildman–Crippen LogP) is 3.85. The van der Waals surface area contributed by atoms with Crippen molar-refractivity contribution in [3.8, 4) is 11.5 Å². The number of hydrogen-bond acceptors (Lipinski definition) is 7. The van der Waals surface area contributed by atoms with Crippen LogP contribution in [0.4, 0.5) is 17.1 Å². The van der Waals surface area contributed by atoms with Gasteiger partial charge >= 0.3 is 29.6 Å². The number of carbonyl (C=O) groups is 1. The summed E-state index contributed by atoms with van der Waals surface area (Å²) < 4.78 is 39.1. The van der Waals surface area contributed by atoms with Gasteiger partial charge in [0.25, 0.3) is 16.0 Å². The SMILES string of the molecule is CCOc1ccc(NC(=O)c2cc3ccccc3c(N=Nc3c(Cl)ccc(C)c3S(=O)(=O)O)c2[O-])c(Cl)c1.[Na+]. The van der Waals surface area contributed by atoms with Crippen LogP contribution in [-0.2, 0) is 10.1 Å². The Bertz CT molecular complexity index is 1710. The Morgan fingerprint density at radius 2 is 1.72 bits per heavy atom. The summed E-state index contributed by atoms with van der Waals surface area (Å²) in [5.41, 5.74) is -0.356. The zero-order chi connectivity index (χ0) is 27.6. The van der Waals surface area contributed by atoms with Crippen LogP contribution in [-0.4, -0.2) is 25.5 Å². The van der Waals surface area contributed by atoms with E-state index in [0.717, 1.165) is 0 Å². The molecule has 0 radical (unpaired) electrons. The van der Waals surface area contributed by atoms with E-state index in [1.165, 1.54) is 31.2 Å². The Morgan fingerprint density at radius 1 is 1.03 bits per heavy atom. The Hall–Kier alpha value is -2.70. The van der Waals surface area contributed by atoms with Crippen LogP contribution < -0.4 is 44.7 Å². The molecule has 0 aromatic heterocycles. The van der Waals surface area contributed by atoms with Gasteiger partial charge in [0.05, 0.1) is 28.0 Å². The van der Waals surface area contributed by atoms with E-state index in [9.17, 15) is 22.9 Å². The first kappa shape index (κ1) is 30.8. The van der Waals surface area contributed by atoms with E-state index in [-0.39, 0.29) is 67.8 Å².